The van der Waals surface area contributed by atoms with Crippen molar-refractivity contribution in [3.8, 4) is 17.9 Å². The second-order valence-electron chi connectivity index (χ2n) is 3.08. The monoisotopic (exact) mass is 196 g/mol. The van der Waals surface area contributed by atoms with Gasteiger partial charge in [0.2, 0.25) is 0 Å². The average Bonchev–Trinajstić information content (AvgIpc) is 2.70. The summed E-state index contributed by atoms with van der Waals surface area (Å²) in [7, 11) is 0. The van der Waals surface area contributed by atoms with E-state index in [1.807, 2.05) is 24.3 Å². The van der Waals surface area contributed by atoms with Gasteiger partial charge < -0.3 is 4.42 Å². The summed E-state index contributed by atoms with van der Waals surface area (Å²) in [5.74, 6) is 5.95. The van der Waals surface area contributed by atoms with E-state index >= 15 is 0 Å². The summed E-state index contributed by atoms with van der Waals surface area (Å²) >= 11 is 0. The van der Waals surface area contributed by atoms with E-state index in [1.54, 1.807) is 0 Å². The summed E-state index contributed by atoms with van der Waals surface area (Å²) in [5, 5.41) is 9.62. The van der Waals surface area contributed by atoms with Crippen LogP contribution in [0.3, 0.4) is 0 Å². The highest BCUT2D eigenvalue weighted by Crippen LogP contribution is 2.22. The van der Waals surface area contributed by atoms with Crippen LogP contribution in [-0.4, -0.2) is 0 Å². The normalized spacial score (nSPS) is 10.2. The quantitative estimate of drug-likeness (QED) is 0.657. The maximum atomic E-state index is 8.69. The third kappa shape index (κ3) is 1.71. The zero-order valence-corrected chi connectivity index (χ0v) is 8.08. The van der Waals surface area contributed by atoms with E-state index in [0.29, 0.717) is 12.2 Å². The predicted molar refractivity (Wildman–Crippen MR) is 58.1 cm³/mol. The molecule has 72 valence electrons. The Morgan fingerprint density at radius 3 is 3.27 bits per heavy atom. The molecule has 0 N–H and O–H groups in total. The molecule has 0 fully saturated rings. The number of hydrogen-bond acceptors (Lipinski definition) is 2. The molecule has 2 nitrogen and oxygen atoms in total. The third-order valence-corrected chi connectivity index (χ3v) is 2.13. The van der Waals surface area contributed by atoms with Crippen molar-refractivity contribution < 1.29 is 5.79 Å². The van der Waals surface area contributed by atoms with Crippen molar-refractivity contribution in [3.05, 3.63) is 35.6 Å². The number of nitriles is 1. The minimum atomic E-state index is 0.0576. The van der Waals surface area contributed by atoms with Crippen LogP contribution in [0, 0.1) is 23.2 Å². The van der Waals surface area contributed by atoms with Gasteiger partial charge in [-0.05, 0) is 24.5 Å². The number of fused-ring (bicyclic) bond motifs is 1. The fourth-order valence-corrected chi connectivity index (χ4v) is 1.51. The van der Waals surface area contributed by atoms with E-state index in [4.69, 9.17) is 11.0 Å². The van der Waals surface area contributed by atoms with E-state index in [-0.39, 0.29) is 6.90 Å². The maximum Gasteiger partial charge on any atom is 0.178 e. The third-order valence-electron chi connectivity index (χ3n) is 2.13. The Hall–Kier alpha value is -2.19. The molecule has 0 bridgehead atoms. The smallest absolute Gasteiger partial charge is 0.178 e. The van der Waals surface area contributed by atoms with Crippen LogP contribution in [0.2, 0.25) is 0 Å². The van der Waals surface area contributed by atoms with Gasteiger partial charge >= 0.3 is 0 Å². The summed E-state index contributed by atoms with van der Waals surface area (Å²) in [4.78, 5) is 0. The lowest BCUT2D eigenvalue weighted by Gasteiger charge is -1.94. The van der Waals surface area contributed by atoms with E-state index in [2.05, 4.69) is 17.9 Å². The Morgan fingerprint density at radius 2 is 2.47 bits per heavy atom. The molecule has 1 heterocycles. The molecule has 0 aliphatic heterocycles. The highest BCUT2D eigenvalue weighted by atomic mass is 16.3. The lowest BCUT2D eigenvalue weighted by molar-refractivity contribution is 0.601. The van der Waals surface area contributed by atoms with Crippen molar-refractivity contribution in [1.29, 1.82) is 5.26 Å². The highest BCUT2D eigenvalue weighted by Gasteiger charge is 2.05. The number of nitrogens with zero attached hydrogens (tertiary/aromatic N) is 1. The van der Waals surface area contributed by atoms with Crippen LogP contribution in [-0.2, 0) is 6.42 Å². The van der Waals surface area contributed by atoms with Gasteiger partial charge in [0.1, 0.15) is 5.58 Å². The summed E-state index contributed by atoms with van der Waals surface area (Å²) in [6.07, 6.45) is 0.363. The van der Waals surface area contributed by atoms with Gasteiger partial charge in [0.05, 0.1) is 12.5 Å². The Labute approximate surface area is 89.5 Å². The van der Waals surface area contributed by atoms with Gasteiger partial charge in [0, 0.05) is 12.8 Å². The van der Waals surface area contributed by atoms with Crippen LogP contribution in [0.25, 0.3) is 11.0 Å². The first-order valence-electron chi connectivity index (χ1n) is 5.22. The van der Waals surface area contributed by atoms with Gasteiger partial charge in [-0.2, -0.15) is 5.26 Å². The number of rotatable bonds is 1. The molecule has 0 saturated heterocycles. The fraction of sp³-hybridized carbons (Fsp3) is 0.154. The van der Waals surface area contributed by atoms with Crippen LogP contribution < -0.4 is 0 Å². The molecule has 15 heavy (non-hydrogen) atoms. The van der Waals surface area contributed by atoms with Crippen molar-refractivity contribution in [2.45, 2.75) is 13.3 Å². The second-order valence-corrected chi connectivity index (χ2v) is 3.08. The number of benzene rings is 1. The molecular weight excluding hydrogens is 186 g/mol. The molecule has 2 aromatic rings. The minimum Gasteiger partial charge on any atom is -0.448 e. The summed E-state index contributed by atoms with van der Waals surface area (Å²) in [6, 6.07) is 9.56. The lowest BCUT2D eigenvalue weighted by atomic mass is 10.1. The molecule has 0 atom stereocenters. The van der Waals surface area contributed by atoms with Crippen molar-refractivity contribution in [2.24, 2.45) is 0 Å². The number of hydrogen-bond donors (Lipinski definition) is 0. The molecule has 0 spiro atoms. The van der Waals surface area contributed by atoms with Crippen molar-refractivity contribution in [3.63, 3.8) is 0 Å². The Balaban J connectivity index is 2.53. The first-order chi connectivity index (χ1) is 7.85. The van der Waals surface area contributed by atoms with Gasteiger partial charge in [0.25, 0.3) is 0 Å². The molecule has 0 saturated carbocycles. The summed E-state index contributed by atoms with van der Waals surface area (Å²) in [6.45, 7) is 0.0576. The van der Waals surface area contributed by atoms with Crippen molar-refractivity contribution >= 4 is 11.0 Å². The molecule has 0 aliphatic carbocycles. The minimum absolute atomic E-state index is 0.0576. The van der Waals surface area contributed by atoms with Gasteiger partial charge in [0.15, 0.2) is 5.76 Å². The Kier molecular flexibility index (Phi) is 2.12. The first-order valence-corrected chi connectivity index (χ1v) is 4.51. The van der Waals surface area contributed by atoms with Crippen molar-refractivity contribution in [1.82, 2.24) is 0 Å². The van der Waals surface area contributed by atoms with Crippen molar-refractivity contribution in [2.75, 3.05) is 0 Å². The SMILES string of the molecule is [2H]CC#Cc1cc2c(CC#N)cccc2o1. The molecule has 0 unspecified atom stereocenters. The zero-order valence-electron chi connectivity index (χ0n) is 9.08. The largest absolute Gasteiger partial charge is 0.448 e. The first kappa shape index (κ1) is 8.15. The van der Waals surface area contributed by atoms with Gasteiger partial charge in [-0.1, -0.05) is 18.1 Å². The van der Waals surface area contributed by atoms with Gasteiger partial charge in [-0.15, -0.1) is 0 Å². The molecule has 0 amide bonds. The summed E-state index contributed by atoms with van der Waals surface area (Å²) in [5.41, 5.74) is 1.68. The molecule has 2 rings (SSSR count). The van der Waals surface area contributed by atoms with Crippen LogP contribution >= 0.6 is 0 Å². The van der Waals surface area contributed by atoms with Gasteiger partial charge in [-0.3, -0.25) is 0 Å². The molecule has 1 aromatic heterocycles. The topological polar surface area (TPSA) is 36.9 Å². The lowest BCUT2D eigenvalue weighted by Crippen LogP contribution is -1.80. The zero-order chi connectivity index (χ0) is 11.4. The van der Waals surface area contributed by atoms with Crippen LogP contribution in [0.5, 0.6) is 0 Å². The molecule has 0 radical (unpaired) electrons. The fourth-order valence-electron chi connectivity index (χ4n) is 1.51. The standard InChI is InChI=1S/C13H9NO/c1-2-4-11-9-12-10(7-8-14)5-3-6-13(12)15-11/h3,5-6,9H,7H2,1H3/i1D. The summed E-state index contributed by atoms with van der Waals surface area (Å²) < 4.78 is 12.4. The Bertz CT molecular complexity index is 610. The van der Waals surface area contributed by atoms with E-state index < -0.39 is 0 Å². The van der Waals surface area contributed by atoms with Gasteiger partial charge in [-0.25, -0.2) is 0 Å². The predicted octanol–water partition coefficient (Wildman–Crippen LogP) is 2.87. The van der Waals surface area contributed by atoms with Crippen LogP contribution in [0.1, 0.15) is 19.6 Å². The van der Waals surface area contributed by atoms with E-state index in [1.165, 1.54) is 0 Å². The highest BCUT2D eigenvalue weighted by molar-refractivity contribution is 5.82. The maximum absolute atomic E-state index is 8.69. The van der Waals surface area contributed by atoms with Crippen LogP contribution in [0.15, 0.2) is 28.7 Å². The molecule has 1 aromatic carbocycles. The van der Waals surface area contributed by atoms with E-state index in [9.17, 15) is 0 Å². The molecule has 0 aliphatic rings. The number of furan rings is 1. The Morgan fingerprint density at radius 1 is 1.53 bits per heavy atom. The average molecular weight is 196 g/mol. The molecule has 2 heteroatoms. The van der Waals surface area contributed by atoms with E-state index in [0.717, 1.165) is 16.5 Å². The van der Waals surface area contributed by atoms with Crippen LogP contribution in [0.4, 0.5) is 0 Å². The molecular formula is C13H9NO. The second kappa shape index (κ2) is 3.90.